The first-order valence-electron chi connectivity index (χ1n) is 7.27. The van der Waals surface area contributed by atoms with Gasteiger partial charge in [-0.05, 0) is 18.4 Å². The first kappa shape index (κ1) is 16.5. The molecular weight excluding hydrogens is 300 g/mol. The van der Waals surface area contributed by atoms with Gasteiger partial charge in [0.1, 0.15) is 5.82 Å². The van der Waals surface area contributed by atoms with E-state index in [0.717, 1.165) is 10.1 Å². The van der Waals surface area contributed by atoms with Gasteiger partial charge in [0.2, 0.25) is 0 Å². The summed E-state index contributed by atoms with van der Waals surface area (Å²) in [5.41, 5.74) is 5.80. The van der Waals surface area contributed by atoms with Crippen LogP contribution in [-0.4, -0.2) is 14.1 Å². The number of aromatic nitrogens is 2. The number of nitro groups is 1. The Morgan fingerprint density at radius 3 is 2.35 bits per heavy atom. The standard InChI is InChI=1S/C15H18N4O4/c1-2-8-18-14(20)10-13(16)17(15(18)21)9-7-11-3-5-12(6-4-11)19(22)23/h3-6,10H,2,7-9,16H2,1H3. The molecule has 0 aliphatic carbocycles. The number of anilines is 1. The summed E-state index contributed by atoms with van der Waals surface area (Å²) in [7, 11) is 0. The highest BCUT2D eigenvalue weighted by atomic mass is 16.6. The summed E-state index contributed by atoms with van der Waals surface area (Å²) in [6.45, 7) is 2.52. The zero-order valence-corrected chi connectivity index (χ0v) is 12.8. The van der Waals surface area contributed by atoms with Gasteiger partial charge in [0.05, 0.1) is 4.92 Å². The molecule has 8 heteroatoms. The summed E-state index contributed by atoms with van der Waals surface area (Å²) < 4.78 is 2.50. The lowest BCUT2D eigenvalue weighted by molar-refractivity contribution is -0.384. The highest BCUT2D eigenvalue weighted by Gasteiger charge is 2.09. The largest absolute Gasteiger partial charge is 0.385 e. The molecule has 1 aromatic carbocycles. The lowest BCUT2D eigenvalue weighted by Gasteiger charge is -2.12. The van der Waals surface area contributed by atoms with Gasteiger partial charge in [0.15, 0.2) is 0 Å². The zero-order valence-electron chi connectivity index (χ0n) is 12.8. The van der Waals surface area contributed by atoms with Gasteiger partial charge in [-0.2, -0.15) is 0 Å². The maximum absolute atomic E-state index is 12.3. The molecule has 0 spiro atoms. The average molecular weight is 318 g/mol. The van der Waals surface area contributed by atoms with E-state index in [1.807, 2.05) is 6.92 Å². The predicted molar refractivity (Wildman–Crippen MR) is 86.5 cm³/mol. The molecule has 0 radical (unpaired) electrons. The van der Waals surface area contributed by atoms with Gasteiger partial charge in [-0.3, -0.25) is 24.0 Å². The summed E-state index contributed by atoms with van der Waals surface area (Å²) >= 11 is 0. The normalized spacial score (nSPS) is 10.7. The van der Waals surface area contributed by atoms with Crippen molar-refractivity contribution >= 4 is 11.5 Å². The van der Waals surface area contributed by atoms with E-state index in [2.05, 4.69) is 0 Å². The van der Waals surface area contributed by atoms with Crippen LogP contribution in [0.25, 0.3) is 0 Å². The first-order chi connectivity index (χ1) is 10.9. The van der Waals surface area contributed by atoms with Crippen molar-refractivity contribution in [3.63, 3.8) is 0 Å². The number of nitrogens with zero attached hydrogens (tertiary/aromatic N) is 3. The Morgan fingerprint density at radius 1 is 1.13 bits per heavy atom. The van der Waals surface area contributed by atoms with E-state index in [1.165, 1.54) is 22.8 Å². The van der Waals surface area contributed by atoms with Crippen LogP contribution in [0, 0.1) is 10.1 Å². The minimum Gasteiger partial charge on any atom is -0.385 e. The fraction of sp³-hybridized carbons (Fsp3) is 0.333. The summed E-state index contributed by atoms with van der Waals surface area (Å²) in [6, 6.07) is 7.36. The molecule has 0 saturated heterocycles. The van der Waals surface area contributed by atoms with Crippen molar-refractivity contribution in [1.82, 2.24) is 9.13 Å². The molecule has 0 unspecified atom stereocenters. The zero-order chi connectivity index (χ0) is 17.0. The van der Waals surface area contributed by atoms with Crippen molar-refractivity contribution in [2.45, 2.75) is 32.9 Å². The Labute approximate surface area is 131 Å². The quantitative estimate of drug-likeness (QED) is 0.634. The Bertz CT molecular complexity index is 821. The second kappa shape index (κ2) is 6.91. The third kappa shape index (κ3) is 3.65. The third-order valence-corrected chi connectivity index (χ3v) is 3.53. The molecule has 1 aromatic heterocycles. The number of nitrogens with two attached hydrogens (primary N) is 1. The molecule has 23 heavy (non-hydrogen) atoms. The topological polar surface area (TPSA) is 113 Å². The number of non-ortho nitro benzene ring substituents is 1. The van der Waals surface area contributed by atoms with E-state index in [0.29, 0.717) is 25.9 Å². The molecule has 0 bridgehead atoms. The van der Waals surface area contributed by atoms with Gasteiger partial charge >= 0.3 is 5.69 Å². The minimum atomic E-state index is -0.465. The SMILES string of the molecule is CCCn1c(=O)cc(N)n(CCc2ccc([N+](=O)[O-])cc2)c1=O. The van der Waals surface area contributed by atoms with Crippen molar-refractivity contribution < 1.29 is 4.92 Å². The summed E-state index contributed by atoms with van der Waals surface area (Å²) in [5, 5.41) is 10.6. The lowest BCUT2D eigenvalue weighted by Crippen LogP contribution is -2.40. The number of benzene rings is 1. The fourth-order valence-corrected chi connectivity index (χ4v) is 2.31. The fourth-order valence-electron chi connectivity index (χ4n) is 2.31. The van der Waals surface area contributed by atoms with Crippen LogP contribution >= 0.6 is 0 Å². The Kier molecular flexibility index (Phi) is 4.95. The van der Waals surface area contributed by atoms with Crippen LogP contribution in [0.5, 0.6) is 0 Å². The summed E-state index contributed by atoms with van der Waals surface area (Å²) in [6.07, 6.45) is 1.15. The first-order valence-corrected chi connectivity index (χ1v) is 7.27. The van der Waals surface area contributed by atoms with Crippen LogP contribution in [0.2, 0.25) is 0 Å². The monoisotopic (exact) mass is 318 g/mol. The number of rotatable bonds is 6. The van der Waals surface area contributed by atoms with Crippen LogP contribution in [0.15, 0.2) is 39.9 Å². The Balaban J connectivity index is 2.23. The smallest absolute Gasteiger partial charge is 0.332 e. The van der Waals surface area contributed by atoms with Gasteiger partial charge in [-0.15, -0.1) is 0 Å². The van der Waals surface area contributed by atoms with Crippen molar-refractivity contribution in [3.05, 3.63) is 66.8 Å². The van der Waals surface area contributed by atoms with E-state index < -0.39 is 16.2 Å². The van der Waals surface area contributed by atoms with E-state index in [4.69, 9.17) is 5.73 Å². The number of hydrogen-bond acceptors (Lipinski definition) is 5. The average Bonchev–Trinajstić information content (AvgIpc) is 2.51. The molecule has 122 valence electrons. The highest BCUT2D eigenvalue weighted by molar-refractivity contribution is 5.33. The van der Waals surface area contributed by atoms with Crippen molar-refractivity contribution in [3.8, 4) is 0 Å². The number of nitrogen functional groups attached to an aromatic ring is 1. The van der Waals surface area contributed by atoms with E-state index in [-0.39, 0.29) is 11.5 Å². The maximum Gasteiger partial charge on any atom is 0.332 e. The number of nitro benzene ring substituents is 1. The second-order valence-corrected chi connectivity index (χ2v) is 5.17. The Morgan fingerprint density at radius 2 is 1.78 bits per heavy atom. The van der Waals surface area contributed by atoms with E-state index in [9.17, 15) is 19.7 Å². The number of hydrogen-bond donors (Lipinski definition) is 1. The maximum atomic E-state index is 12.3. The molecule has 0 saturated carbocycles. The number of aryl methyl sites for hydroxylation is 1. The van der Waals surface area contributed by atoms with Crippen LogP contribution in [0.1, 0.15) is 18.9 Å². The Hall–Kier alpha value is -2.90. The summed E-state index contributed by atoms with van der Waals surface area (Å²) in [5.74, 6) is 0.120. The van der Waals surface area contributed by atoms with Crippen LogP contribution in [-0.2, 0) is 19.5 Å². The molecule has 0 aliphatic heterocycles. The molecule has 0 fully saturated rings. The highest BCUT2D eigenvalue weighted by Crippen LogP contribution is 2.12. The molecule has 2 aromatic rings. The van der Waals surface area contributed by atoms with E-state index in [1.54, 1.807) is 12.1 Å². The minimum absolute atomic E-state index is 0.0157. The molecule has 2 rings (SSSR count). The van der Waals surface area contributed by atoms with Crippen molar-refractivity contribution in [2.75, 3.05) is 5.73 Å². The van der Waals surface area contributed by atoms with Gasteiger partial charge in [0, 0.05) is 31.3 Å². The molecule has 8 nitrogen and oxygen atoms in total. The molecule has 2 N–H and O–H groups in total. The molecule has 1 heterocycles. The van der Waals surface area contributed by atoms with Gasteiger partial charge in [-0.25, -0.2) is 4.79 Å². The lowest BCUT2D eigenvalue weighted by atomic mass is 10.1. The van der Waals surface area contributed by atoms with Crippen LogP contribution in [0.4, 0.5) is 11.5 Å². The molecule has 0 amide bonds. The third-order valence-electron chi connectivity index (χ3n) is 3.53. The van der Waals surface area contributed by atoms with Crippen LogP contribution in [0.3, 0.4) is 0 Å². The summed E-state index contributed by atoms with van der Waals surface area (Å²) in [4.78, 5) is 34.3. The molecule has 0 aliphatic rings. The van der Waals surface area contributed by atoms with Crippen molar-refractivity contribution in [1.29, 1.82) is 0 Å². The van der Waals surface area contributed by atoms with Gasteiger partial charge in [0.25, 0.3) is 11.2 Å². The predicted octanol–water partition coefficient (Wildman–Crippen LogP) is 1.15. The molecular formula is C15H18N4O4. The van der Waals surface area contributed by atoms with E-state index >= 15 is 0 Å². The van der Waals surface area contributed by atoms with Gasteiger partial charge in [-0.1, -0.05) is 19.1 Å². The second-order valence-electron chi connectivity index (χ2n) is 5.17. The molecule has 0 atom stereocenters. The van der Waals surface area contributed by atoms with Crippen molar-refractivity contribution in [2.24, 2.45) is 0 Å². The van der Waals surface area contributed by atoms with Gasteiger partial charge < -0.3 is 5.73 Å². The van der Waals surface area contributed by atoms with Crippen LogP contribution < -0.4 is 17.0 Å².